The maximum atomic E-state index is 8.77. The molecule has 4 rings (SSSR count). The smallest absolute Gasteiger partial charge is 0.145 e. The van der Waals surface area contributed by atoms with E-state index in [1.165, 1.54) is 0 Å². The number of hydrogen-bond donors (Lipinski definition) is 3. The van der Waals surface area contributed by atoms with Crippen LogP contribution in [0.4, 0.5) is 11.5 Å². The van der Waals surface area contributed by atoms with Crippen molar-refractivity contribution in [2.24, 2.45) is 5.73 Å². The molecular weight excluding hydrogens is 374 g/mol. The molecular formula is C23H23N7. The normalized spacial score (nSPS) is 16.1. The molecule has 1 unspecified atom stereocenters. The number of anilines is 2. The lowest BCUT2D eigenvalue weighted by Gasteiger charge is -2.32. The second-order valence-electron chi connectivity index (χ2n) is 7.33. The Bertz CT molecular complexity index is 1120. The lowest BCUT2D eigenvalue weighted by atomic mass is 10.0. The maximum Gasteiger partial charge on any atom is 0.145 e. The van der Waals surface area contributed by atoms with Gasteiger partial charge in [0.25, 0.3) is 0 Å². The first-order valence-corrected chi connectivity index (χ1v) is 9.80. The van der Waals surface area contributed by atoms with Gasteiger partial charge in [-0.05, 0) is 43.2 Å². The Balaban J connectivity index is 1.72. The van der Waals surface area contributed by atoms with E-state index in [9.17, 15) is 0 Å². The van der Waals surface area contributed by atoms with E-state index in [0.29, 0.717) is 40.6 Å². The largest absolute Gasteiger partial charge is 0.397 e. The molecule has 0 aromatic carbocycles. The highest BCUT2D eigenvalue weighted by Gasteiger charge is 2.22. The molecule has 7 nitrogen and oxygen atoms in total. The van der Waals surface area contributed by atoms with E-state index in [4.69, 9.17) is 28.3 Å². The standard InChI is InChI=1S/C23H23N7/c1-2-15-7-8-20(29-23(15)30-10-4-6-17(24)14-30)22(26)18-11-21(28-13-19(18)25)16-5-3-9-27-12-16/h1,3,5,7-9,11-13,17,26H,4,6,10,14,24-25H2. The van der Waals surface area contributed by atoms with Crippen molar-refractivity contribution in [2.45, 2.75) is 18.9 Å². The number of terminal acetylenes is 1. The molecule has 1 aliphatic rings. The highest BCUT2D eigenvalue weighted by atomic mass is 15.2. The van der Waals surface area contributed by atoms with Crippen molar-refractivity contribution < 1.29 is 0 Å². The lowest BCUT2D eigenvalue weighted by Crippen LogP contribution is -2.43. The van der Waals surface area contributed by atoms with E-state index in [-0.39, 0.29) is 11.8 Å². The van der Waals surface area contributed by atoms with Crippen LogP contribution in [0.25, 0.3) is 11.3 Å². The van der Waals surface area contributed by atoms with Gasteiger partial charge in [-0.2, -0.15) is 0 Å². The van der Waals surface area contributed by atoms with Crippen LogP contribution in [0.3, 0.4) is 0 Å². The molecule has 0 saturated carbocycles. The maximum absolute atomic E-state index is 8.77. The van der Waals surface area contributed by atoms with Crippen LogP contribution >= 0.6 is 0 Å². The number of nitrogens with two attached hydrogens (primary N) is 2. The molecule has 1 saturated heterocycles. The Morgan fingerprint density at radius 3 is 2.87 bits per heavy atom. The molecule has 1 fully saturated rings. The quantitative estimate of drug-likeness (QED) is 0.460. The van der Waals surface area contributed by atoms with Crippen LogP contribution < -0.4 is 16.4 Å². The molecule has 0 aliphatic carbocycles. The van der Waals surface area contributed by atoms with Crippen molar-refractivity contribution in [3.63, 3.8) is 0 Å². The average Bonchev–Trinajstić information content (AvgIpc) is 2.79. The lowest BCUT2D eigenvalue weighted by molar-refractivity contribution is 0.503. The molecule has 30 heavy (non-hydrogen) atoms. The average molecular weight is 397 g/mol. The fraction of sp³-hybridized carbons (Fsp3) is 0.217. The van der Waals surface area contributed by atoms with Crippen LogP contribution in [0, 0.1) is 17.8 Å². The van der Waals surface area contributed by atoms with Gasteiger partial charge in [0, 0.05) is 42.7 Å². The van der Waals surface area contributed by atoms with Gasteiger partial charge in [0.2, 0.25) is 0 Å². The van der Waals surface area contributed by atoms with Crippen LogP contribution in [-0.4, -0.2) is 39.8 Å². The van der Waals surface area contributed by atoms with Gasteiger partial charge in [-0.3, -0.25) is 15.4 Å². The number of rotatable bonds is 4. The van der Waals surface area contributed by atoms with E-state index in [1.54, 1.807) is 30.7 Å². The monoisotopic (exact) mass is 397 g/mol. The van der Waals surface area contributed by atoms with E-state index >= 15 is 0 Å². The predicted octanol–water partition coefficient (Wildman–Crippen LogP) is 2.45. The number of hydrogen-bond acceptors (Lipinski definition) is 7. The molecule has 0 spiro atoms. The third kappa shape index (κ3) is 3.86. The Morgan fingerprint density at radius 1 is 1.27 bits per heavy atom. The molecule has 7 heteroatoms. The fourth-order valence-corrected chi connectivity index (χ4v) is 3.64. The number of nitrogen functional groups attached to an aromatic ring is 1. The third-order valence-electron chi connectivity index (χ3n) is 5.21. The Hall–Kier alpha value is -3.76. The molecule has 1 atom stereocenters. The molecule has 4 heterocycles. The van der Waals surface area contributed by atoms with Crippen molar-refractivity contribution in [3.05, 3.63) is 65.7 Å². The van der Waals surface area contributed by atoms with E-state index in [1.807, 2.05) is 18.2 Å². The van der Waals surface area contributed by atoms with Crippen molar-refractivity contribution in [2.75, 3.05) is 23.7 Å². The number of nitrogens with one attached hydrogen (secondary N) is 1. The zero-order valence-corrected chi connectivity index (χ0v) is 16.5. The molecule has 150 valence electrons. The van der Waals surface area contributed by atoms with Gasteiger partial charge in [0.15, 0.2) is 0 Å². The first-order valence-electron chi connectivity index (χ1n) is 9.80. The summed E-state index contributed by atoms with van der Waals surface area (Å²) in [4.78, 5) is 15.4. The van der Waals surface area contributed by atoms with E-state index in [2.05, 4.69) is 20.8 Å². The summed E-state index contributed by atoms with van der Waals surface area (Å²) >= 11 is 0. The summed E-state index contributed by atoms with van der Waals surface area (Å²) in [5.74, 6) is 3.39. The van der Waals surface area contributed by atoms with Gasteiger partial charge < -0.3 is 16.4 Å². The Labute approximate surface area is 175 Å². The van der Waals surface area contributed by atoms with Crippen molar-refractivity contribution >= 4 is 17.2 Å². The van der Waals surface area contributed by atoms with Crippen LogP contribution in [0.2, 0.25) is 0 Å². The third-order valence-corrected chi connectivity index (χ3v) is 5.21. The van der Waals surface area contributed by atoms with Gasteiger partial charge in [0.05, 0.1) is 34.5 Å². The SMILES string of the molecule is C#Cc1ccc(C(=N)c2cc(-c3cccnc3)ncc2N)nc1N1CCCC(N)C1. The minimum atomic E-state index is 0.0900. The summed E-state index contributed by atoms with van der Waals surface area (Å²) in [5.41, 5.74) is 16.2. The summed E-state index contributed by atoms with van der Waals surface area (Å²) in [5, 5.41) is 8.77. The summed E-state index contributed by atoms with van der Waals surface area (Å²) in [6.45, 7) is 1.54. The molecule has 3 aromatic heterocycles. The first kappa shape index (κ1) is 19.6. The number of nitrogens with zero attached hydrogens (tertiary/aromatic N) is 4. The minimum absolute atomic E-state index is 0.0900. The molecule has 1 aliphatic heterocycles. The summed E-state index contributed by atoms with van der Waals surface area (Å²) in [6, 6.07) is 9.22. The zero-order chi connectivity index (χ0) is 21.1. The van der Waals surface area contributed by atoms with Crippen LogP contribution in [0.15, 0.2) is 48.9 Å². The fourth-order valence-electron chi connectivity index (χ4n) is 3.64. The zero-order valence-electron chi connectivity index (χ0n) is 16.5. The van der Waals surface area contributed by atoms with Gasteiger partial charge >= 0.3 is 0 Å². The van der Waals surface area contributed by atoms with E-state index in [0.717, 1.165) is 24.9 Å². The molecule has 3 aromatic rings. The molecule has 0 radical (unpaired) electrons. The van der Waals surface area contributed by atoms with Gasteiger partial charge in [-0.25, -0.2) is 4.98 Å². The second-order valence-corrected chi connectivity index (χ2v) is 7.33. The summed E-state index contributed by atoms with van der Waals surface area (Å²) in [6.07, 6.45) is 12.7. The van der Waals surface area contributed by atoms with Crippen LogP contribution in [0.1, 0.15) is 29.7 Å². The van der Waals surface area contributed by atoms with Gasteiger partial charge in [-0.1, -0.05) is 5.92 Å². The first-order chi connectivity index (χ1) is 14.6. The van der Waals surface area contributed by atoms with E-state index < -0.39 is 0 Å². The molecule has 0 amide bonds. The van der Waals surface area contributed by atoms with Crippen molar-refractivity contribution in [1.29, 1.82) is 5.41 Å². The Kier molecular flexibility index (Phi) is 5.42. The minimum Gasteiger partial charge on any atom is -0.397 e. The number of piperidine rings is 1. The highest BCUT2D eigenvalue weighted by Crippen LogP contribution is 2.25. The topological polar surface area (TPSA) is 118 Å². The van der Waals surface area contributed by atoms with Crippen LogP contribution in [0.5, 0.6) is 0 Å². The summed E-state index contributed by atoms with van der Waals surface area (Å²) < 4.78 is 0. The highest BCUT2D eigenvalue weighted by molar-refractivity contribution is 6.13. The Morgan fingerprint density at radius 2 is 2.13 bits per heavy atom. The molecule has 0 bridgehead atoms. The van der Waals surface area contributed by atoms with Gasteiger partial charge in [-0.15, -0.1) is 6.42 Å². The van der Waals surface area contributed by atoms with Gasteiger partial charge in [0.1, 0.15) is 5.82 Å². The van der Waals surface area contributed by atoms with Crippen molar-refractivity contribution in [3.8, 4) is 23.6 Å². The second kappa shape index (κ2) is 8.31. The number of pyridine rings is 3. The summed E-state index contributed by atoms with van der Waals surface area (Å²) in [7, 11) is 0. The van der Waals surface area contributed by atoms with Crippen LogP contribution in [-0.2, 0) is 0 Å². The molecule has 5 N–H and O–H groups in total. The van der Waals surface area contributed by atoms with Crippen molar-refractivity contribution in [1.82, 2.24) is 15.0 Å². The number of aromatic nitrogens is 3. The predicted molar refractivity (Wildman–Crippen MR) is 119 cm³/mol.